The molecule has 1 aliphatic rings. The van der Waals surface area contributed by atoms with Gasteiger partial charge in [0.1, 0.15) is 8.24 Å². The van der Waals surface area contributed by atoms with Crippen LogP contribution < -0.4 is 0 Å². The second-order valence-electron chi connectivity index (χ2n) is 7.65. The van der Waals surface area contributed by atoms with E-state index in [2.05, 4.69) is 50.8 Å². The molecule has 2 unspecified atom stereocenters. The van der Waals surface area contributed by atoms with Gasteiger partial charge < -0.3 is 8.99 Å². The Morgan fingerprint density at radius 1 is 1.16 bits per heavy atom. The van der Waals surface area contributed by atoms with Gasteiger partial charge in [0.05, 0.1) is 5.92 Å². The number of carbonyl (C=O) groups is 1. The summed E-state index contributed by atoms with van der Waals surface area (Å²) in [7, 11) is -3.01. The fraction of sp³-hybridized carbons (Fsp3) is 0.929. The van der Waals surface area contributed by atoms with Crippen LogP contribution in [-0.4, -0.2) is 39.7 Å². The summed E-state index contributed by atoms with van der Waals surface area (Å²) in [6.45, 7) is 16.8. The summed E-state index contributed by atoms with van der Waals surface area (Å²) in [6.07, 6.45) is 3.17. The van der Waals surface area contributed by atoms with E-state index in [9.17, 15) is 4.79 Å². The van der Waals surface area contributed by atoms with Crippen molar-refractivity contribution in [3.63, 3.8) is 0 Å². The van der Waals surface area contributed by atoms with Crippen molar-refractivity contribution in [2.24, 2.45) is 5.92 Å². The lowest BCUT2D eigenvalue weighted by Gasteiger charge is -2.38. The molecule has 0 bridgehead atoms. The van der Waals surface area contributed by atoms with Gasteiger partial charge >= 0.3 is 0 Å². The van der Waals surface area contributed by atoms with E-state index in [4.69, 9.17) is 4.43 Å². The van der Waals surface area contributed by atoms with Crippen LogP contribution in [0.1, 0.15) is 26.2 Å². The average molecular weight is 302 g/mol. The highest BCUT2D eigenvalue weighted by atomic mass is 28.4. The van der Waals surface area contributed by atoms with Crippen molar-refractivity contribution in [3.05, 3.63) is 0 Å². The van der Waals surface area contributed by atoms with Crippen LogP contribution in [0.25, 0.3) is 0 Å². The summed E-state index contributed by atoms with van der Waals surface area (Å²) in [4.78, 5) is 12.2. The normalized spacial score (nSPS) is 24.8. The van der Waals surface area contributed by atoms with Crippen LogP contribution in [-0.2, 0) is 9.22 Å². The Hall–Kier alpha value is -0.136. The Morgan fingerprint density at radius 2 is 1.74 bits per heavy atom. The molecule has 112 valence electrons. The number of rotatable bonds is 5. The van der Waals surface area contributed by atoms with Gasteiger partial charge in [0.15, 0.2) is 0 Å². The minimum atomic E-state index is -1.74. The Kier molecular flexibility index (Phi) is 5.43. The minimum Gasteiger partial charge on any atom is -0.520 e. The van der Waals surface area contributed by atoms with Gasteiger partial charge in [-0.3, -0.25) is 4.79 Å². The van der Waals surface area contributed by atoms with E-state index in [0.717, 1.165) is 25.8 Å². The molecule has 1 fully saturated rings. The molecule has 0 aliphatic heterocycles. The molecule has 0 heterocycles. The average Bonchev–Trinajstić information content (AvgIpc) is 2.62. The van der Waals surface area contributed by atoms with E-state index in [1.807, 2.05) is 0 Å². The highest BCUT2D eigenvalue weighted by Crippen LogP contribution is 2.33. The van der Waals surface area contributed by atoms with Gasteiger partial charge in [-0.2, -0.15) is 0 Å². The molecular weight excluding hydrogens is 270 g/mol. The zero-order chi connectivity index (χ0) is 14.8. The molecular formula is C14H31NO2Si2. The lowest BCUT2D eigenvalue weighted by molar-refractivity contribution is -0.139. The molecule has 0 saturated heterocycles. The molecule has 1 rings (SSSR count). The predicted octanol–water partition coefficient (Wildman–Crippen LogP) is 3.69. The Balaban J connectivity index is 2.60. The van der Waals surface area contributed by atoms with E-state index >= 15 is 0 Å². The molecule has 0 aromatic heterocycles. The zero-order valence-corrected chi connectivity index (χ0v) is 15.7. The van der Waals surface area contributed by atoms with E-state index in [0.29, 0.717) is 6.04 Å². The lowest BCUT2D eigenvalue weighted by atomic mass is 10.1. The minimum absolute atomic E-state index is 0.0632. The lowest BCUT2D eigenvalue weighted by Crippen LogP contribution is -2.51. The second-order valence-corrected chi connectivity index (χ2v) is 17.0. The third-order valence-corrected chi connectivity index (χ3v) is 7.01. The summed E-state index contributed by atoms with van der Waals surface area (Å²) in [5, 5.41) is 0. The Morgan fingerprint density at radius 3 is 2.16 bits per heavy atom. The van der Waals surface area contributed by atoms with Crippen LogP contribution in [0.4, 0.5) is 0 Å². The summed E-state index contributed by atoms with van der Waals surface area (Å²) >= 11 is 0. The smallest absolute Gasteiger partial charge is 0.295 e. The quantitative estimate of drug-likeness (QED) is 0.725. The third-order valence-electron chi connectivity index (χ3n) is 3.79. The largest absolute Gasteiger partial charge is 0.520 e. The van der Waals surface area contributed by atoms with Crippen molar-refractivity contribution in [3.8, 4) is 0 Å². The first-order chi connectivity index (χ1) is 8.54. The summed E-state index contributed by atoms with van der Waals surface area (Å²) in [5.41, 5.74) is 0. The zero-order valence-electron chi connectivity index (χ0n) is 13.7. The number of hydrogen-bond donors (Lipinski definition) is 0. The van der Waals surface area contributed by atoms with Gasteiger partial charge in [0.25, 0.3) is 5.97 Å². The van der Waals surface area contributed by atoms with Crippen molar-refractivity contribution in [1.82, 2.24) is 4.57 Å². The van der Waals surface area contributed by atoms with E-state index in [1.165, 1.54) is 0 Å². The molecule has 5 heteroatoms. The standard InChI is InChI=1S/C14H31NO2Si2/c1-8-15(18(2,3)4)13-10-9-12(11-13)14(16)17-19(5,6)7/h12-13H,8-11H2,1-7H3. The van der Waals surface area contributed by atoms with Crippen LogP contribution in [0.5, 0.6) is 0 Å². The Bertz CT molecular complexity index is 320. The van der Waals surface area contributed by atoms with E-state index in [-0.39, 0.29) is 11.9 Å². The van der Waals surface area contributed by atoms with Crippen molar-refractivity contribution in [2.75, 3.05) is 6.54 Å². The molecule has 0 aromatic carbocycles. The van der Waals surface area contributed by atoms with Crippen LogP contribution >= 0.6 is 0 Å². The van der Waals surface area contributed by atoms with Crippen LogP contribution in [0.15, 0.2) is 0 Å². The molecule has 3 nitrogen and oxygen atoms in total. The second kappa shape index (κ2) is 6.10. The molecule has 19 heavy (non-hydrogen) atoms. The molecule has 2 atom stereocenters. The van der Waals surface area contributed by atoms with Crippen LogP contribution in [0.3, 0.4) is 0 Å². The van der Waals surface area contributed by atoms with Gasteiger partial charge in [0.2, 0.25) is 8.32 Å². The highest BCUT2D eigenvalue weighted by molar-refractivity contribution is 6.73. The maximum Gasteiger partial charge on any atom is 0.295 e. The highest BCUT2D eigenvalue weighted by Gasteiger charge is 2.38. The third kappa shape index (κ3) is 5.04. The van der Waals surface area contributed by atoms with Gasteiger partial charge in [-0.1, -0.05) is 26.6 Å². The summed E-state index contributed by atoms with van der Waals surface area (Å²) in [6, 6.07) is 0.593. The van der Waals surface area contributed by atoms with Gasteiger partial charge in [-0.15, -0.1) is 0 Å². The summed E-state index contributed by atoms with van der Waals surface area (Å²) in [5.74, 6) is 0.204. The first kappa shape index (κ1) is 16.9. The summed E-state index contributed by atoms with van der Waals surface area (Å²) < 4.78 is 8.32. The molecule has 0 N–H and O–H groups in total. The van der Waals surface area contributed by atoms with Gasteiger partial charge in [0, 0.05) is 6.04 Å². The molecule has 0 amide bonds. The first-order valence-electron chi connectivity index (χ1n) is 7.54. The van der Waals surface area contributed by atoms with Crippen LogP contribution in [0, 0.1) is 5.92 Å². The van der Waals surface area contributed by atoms with Crippen molar-refractivity contribution < 1.29 is 9.22 Å². The molecule has 0 spiro atoms. The monoisotopic (exact) mass is 301 g/mol. The molecule has 0 aromatic rings. The topological polar surface area (TPSA) is 29.5 Å². The van der Waals surface area contributed by atoms with Gasteiger partial charge in [-0.05, 0) is 45.4 Å². The molecule has 1 saturated carbocycles. The number of nitrogens with zero attached hydrogens (tertiary/aromatic N) is 1. The number of carbonyl (C=O) groups excluding carboxylic acids is 1. The molecule has 1 aliphatic carbocycles. The van der Waals surface area contributed by atoms with E-state index < -0.39 is 16.6 Å². The van der Waals surface area contributed by atoms with Crippen molar-refractivity contribution in [1.29, 1.82) is 0 Å². The van der Waals surface area contributed by atoms with Crippen LogP contribution in [0.2, 0.25) is 39.3 Å². The fourth-order valence-electron chi connectivity index (χ4n) is 3.12. The Labute approximate surface area is 120 Å². The fourth-order valence-corrected chi connectivity index (χ4v) is 6.17. The van der Waals surface area contributed by atoms with E-state index in [1.54, 1.807) is 0 Å². The maximum absolute atomic E-state index is 12.2. The predicted molar refractivity (Wildman–Crippen MR) is 86.3 cm³/mol. The SMILES string of the molecule is CCN(C1CCC(C(=O)O[Si](C)(C)C)C1)[Si](C)(C)C. The first-order valence-corrected chi connectivity index (χ1v) is 14.4. The van der Waals surface area contributed by atoms with Crippen molar-refractivity contribution >= 4 is 22.5 Å². The van der Waals surface area contributed by atoms with Gasteiger partial charge in [-0.25, -0.2) is 0 Å². The van der Waals surface area contributed by atoms with Crippen molar-refractivity contribution in [2.45, 2.75) is 71.5 Å². The number of hydrogen-bond acceptors (Lipinski definition) is 3. The molecule has 0 radical (unpaired) electrons. The maximum atomic E-state index is 12.2.